The number of hydrogen-bond donors (Lipinski definition) is 1. The van der Waals surface area contributed by atoms with E-state index in [4.69, 9.17) is 21.1 Å². The number of nitrogens with one attached hydrogen (secondary N) is 1. The normalized spacial score (nSPS) is 21.4. The van der Waals surface area contributed by atoms with Gasteiger partial charge in [0.25, 0.3) is 0 Å². The molecule has 4 nitrogen and oxygen atoms in total. The van der Waals surface area contributed by atoms with E-state index in [2.05, 4.69) is 5.32 Å². The monoisotopic (exact) mass is 297 g/mol. The molecule has 2 rings (SSSR count). The van der Waals surface area contributed by atoms with E-state index in [0.29, 0.717) is 11.6 Å². The maximum absolute atomic E-state index is 12.0. The quantitative estimate of drug-likeness (QED) is 0.909. The van der Waals surface area contributed by atoms with Crippen LogP contribution in [-0.4, -0.2) is 31.8 Å². The highest BCUT2D eigenvalue weighted by Crippen LogP contribution is 2.23. The van der Waals surface area contributed by atoms with Crippen molar-refractivity contribution in [3.8, 4) is 0 Å². The van der Waals surface area contributed by atoms with Gasteiger partial charge in [-0.2, -0.15) is 0 Å². The number of halogens is 1. The Hall–Kier alpha value is -1.10. The SMILES string of the molecule is CO[C@H](c1ccc(Cl)cc1)[C@@H](C)NC(=O)[C@H]1CCCO1. The first-order valence-electron chi connectivity index (χ1n) is 6.82. The standard InChI is InChI=1S/C15H20ClNO3/c1-10(17-15(18)13-4-3-9-20-13)14(19-2)11-5-7-12(16)8-6-11/h5-8,10,13-14H,3-4,9H2,1-2H3,(H,17,18)/t10-,13-,14+/m1/s1. The van der Waals surface area contributed by atoms with Crippen LogP contribution >= 0.6 is 11.6 Å². The van der Waals surface area contributed by atoms with Crippen molar-refractivity contribution in [2.75, 3.05) is 13.7 Å². The van der Waals surface area contributed by atoms with Crippen LogP contribution in [0.1, 0.15) is 31.4 Å². The molecule has 0 radical (unpaired) electrons. The minimum Gasteiger partial charge on any atom is -0.375 e. The predicted molar refractivity (Wildman–Crippen MR) is 77.8 cm³/mol. The lowest BCUT2D eigenvalue weighted by Crippen LogP contribution is -2.43. The smallest absolute Gasteiger partial charge is 0.249 e. The van der Waals surface area contributed by atoms with Gasteiger partial charge in [-0.1, -0.05) is 23.7 Å². The van der Waals surface area contributed by atoms with Gasteiger partial charge in [0.05, 0.1) is 6.04 Å². The summed E-state index contributed by atoms with van der Waals surface area (Å²) < 4.78 is 10.9. The molecule has 1 fully saturated rings. The van der Waals surface area contributed by atoms with Crippen molar-refractivity contribution < 1.29 is 14.3 Å². The first kappa shape index (κ1) is 15.3. The molecule has 0 saturated carbocycles. The Morgan fingerprint density at radius 2 is 2.15 bits per heavy atom. The van der Waals surface area contributed by atoms with Gasteiger partial charge in [0.2, 0.25) is 5.91 Å². The second-order valence-corrected chi connectivity index (χ2v) is 5.44. The van der Waals surface area contributed by atoms with Gasteiger partial charge >= 0.3 is 0 Å². The van der Waals surface area contributed by atoms with E-state index in [-0.39, 0.29) is 24.2 Å². The Labute approximate surface area is 124 Å². The number of carbonyl (C=O) groups is 1. The minimum atomic E-state index is -0.319. The number of ether oxygens (including phenoxy) is 2. The zero-order chi connectivity index (χ0) is 14.5. The van der Waals surface area contributed by atoms with E-state index in [1.165, 1.54) is 0 Å². The Morgan fingerprint density at radius 3 is 2.70 bits per heavy atom. The molecule has 20 heavy (non-hydrogen) atoms. The van der Waals surface area contributed by atoms with Crippen LogP contribution in [0.3, 0.4) is 0 Å². The van der Waals surface area contributed by atoms with Gasteiger partial charge in [0, 0.05) is 18.7 Å². The van der Waals surface area contributed by atoms with E-state index < -0.39 is 0 Å². The number of benzene rings is 1. The summed E-state index contributed by atoms with van der Waals surface area (Å²) in [6, 6.07) is 7.31. The first-order valence-corrected chi connectivity index (χ1v) is 7.20. The molecule has 1 aliphatic heterocycles. The summed E-state index contributed by atoms with van der Waals surface area (Å²) in [5.41, 5.74) is 0.983. The molecule has 1 aliphatic rings. The van der Waals surface area contributed by atoms with E-state index in [1.54, 1.807) is 7.11 Å². The van der Waals surface area contributed by atoms with Gasteiger partial charge in [0.1, 0.15) is 12.2 Å². The molecular formula is C15H20ClNO3. The van der Waals surface area contributed by atoms with E-state index in [1.807, 2.05) is 31.2 Å². The average molecular weight is 298 g/mol. The highest BCUT2D eigenvalue weighted by atomic mass is 35.5. The number of hydrogen-bond acceptors (Lipinski definition) is 3. The fourth-order valence-corrected chi connectivity index (χ4v) is 2.58. The molecule has 1 amide bonds. The molecule has 0 aliphatic carbocycles. The van der Waals surface area contributed by atoms with Crippen LogP contribution in [0.2, 0.25) is 5.02 Å². The van der Waals surface area contributed by atoms with Crippen molar-refractivity contribution in [1.29, 1.82) is 0 Å². The van der Waals surface area contributed by atoms with Gasteiger partial charge < -0.3 is 14.8 Å². The second kappa shape index (κ2) is 7.07. The molecule has 1 aromatic rings. The average Bonchev–Trinajstić information content (AvgIpc) is 2.96. The maximum atomic E-state index is 12.0. The lowest BCUT2D eigenvalue weighted by Gasteiger charge is -2.25. The van der Waals surface area contributed by atoms with Crippen molar-refractivity contribution in [1.82, 2.24) is 5.32 Å². The molecule has 5 heteroatoms. The summed E-state index contributed by atoms with van der Waals surface area (Å²) in [6.07, 6.45) is 1.20. The number of methoxy groups -OCH3 is 1. The number of rotatable bonds is 5. The molecule has 0 bridgehead atoms. The van der Waals surface area contributed by atoms with Crippen molar-refractivity contribution in [2.45, 2.75) is 38.0 Å². The summed E-state index contributed by atoms with van der Waals surface area (Å²) in [7, 11) is 1.63. The Bertz CT molecular complexity index is 443. The van der Waals surface area contributed by atoms with Crippen LogP contribution in [0.5, 0.6) is 0 Å². The molecule has 3 atom stereocenters. The largest absolute Gasteiger partial charge is 0.375 e. The van der Waals surface area contributed by atoms with Crippen LogP contribution in [0.15, 0.2) is 24.3 Å². The van der Waals surface area contributed by atoms with Crippen LogP contribution < -0.4 is 5.32 Å². The van der Waals surface area contributed by atoms with Crippen LogP contribution in [0.25, 0.3) is 0 Å². The van der Waals surface area contributed by atoms with Crippen LogP contribution in [-0.2, 0) is 14.3 Å². The molecule has 1 N–H and O–H groups in total. The lowest BCUT2D eigenvalue weighted by atomic mass is 10.0. The topological polar surface area (TPSA) is 47.6 Å². The zero-order valence-electron chi connectivity index (χ0n) is 11.8. The maximum Gasteiger partial charge on any atom is 0.249 e. The molecule has 0 aromatic heterocycles. The van der Waals surface area contributed by atoms with Crippen LogP contribution in [0, 0.1) is 0 Å². The Balaban J connectivity index is 1.99. The zero-order valence-corrected chi connectivity index (χ0v) is 12.5. The molecule has 110 valence electrons. The highest BCUT2D eigenvalue weighted by Gasteiger charge is 2.27. The summed E-state index contributed by atoms with van der Waals surface area (Å²) >= 11 is 5.88. The summed E-state index contributed by atoms with van der Waals surface area (Å²) in [5, 5.41) is 3.64. The van der Waals surface area contributed by atoms with Gasteiger partial charge in [-0.05, 0) is 37.5 Å². The lowest BCUT2D eigenvalue weighted by molar-refractivity contribution is -0.131. The Morgan fingerprint density at radius 1 is 1.45 bits per heavy atom. The van der Waals surface area contributed by atoms with E-state index >= 15 is 0 Å². The number of carbonyl (C=O) groups excluding carboxylic acids is 1. The third-order valence-electron chi connectivity index (χ3n) is 3.50. The third-order valence-corrected chi connectivity index (χ3v) is 3.75. The fourth-order valence-electron chi connectivity index (χ4n) is 2.46. The van der Waals surface area contributed by atoms with Gasteiger partial charge in [-0.25, -0.2) is 0 Å². The highest BCUT2D eigenvalue weighted by molar-refractivity contribution is 6.30. The van der Waals surface area contributed by atoms with Crippen LogP contribution in [0.4, 0.5) is 0 Å². The third kappa shape index (κ3) is 3.72. The molecule has 1 heterocycles. The van der Waals surface area contributed by atoms with Crippen molar-refractivity contribution in [3.63, 3.8) is 0 Å². The van der Waals surface area contributed by atoms with Crippen molar-refractivity contribution >= 4 is 17.5 Å². The molecule has 1 aromatic carbocycles. The molecule has 0 spiro atoms. The fraction of sp³-hybridized carbons (Fsp3) is 0.533. The van der Waals surface area contributed by atoms with Crippen molar-refractivity contribution in [3.05, 3.63) is 34.9 Å². The van der Waals surface area contributed by atoms with E-state index in [9.17, 15) is 4.79 Å². The predicted octanol–water partition coefficient (Wildman–Crippen LogP) is 2.71. The first-order chi connectivity index (χ1) is 9.61. The summed E-state index contributed by atoms with van der Waals surface area (Å²) in [6.45, 7) is 2.59. The summed E-state index contributed by atoms with van der Waals surface area (Å²) in [5.74, 6) is -0.0639. The number of amides is 1. The van der Waals surface area contributed by atoms with Gasteiger partial charge in [0.15, 0.2) is 0 Å². The van der Waals surface area contributed by atoms with E-state index in [0.717, 1.165) is 18.4 Å². The minimum absolute atomic E-state index is 0.0639. The summed E-state index contributed by atoms with van der Waals surface area (Å²) in [4.78, 5) is 12.0. The molecule has 1 saturated heterocycles. The van der Waals surface area contributed by atoms with Gasteiger partial charge in [-0.3, -0.25) is 4.79 Å². The Kier molecular flexibility index (Phi) is 5.40. The van der Waals surface area contributed by atoms with Crippen molar-refractivity contribution in [2.24, 2.45) is 0 Å². The molecular weight excluding hydrogens is 278 g/mol. The van der Waals surface area contributed by atoms with Gasteiger partial charge in [-0.15, -0.1) is 0 Å². The molecule has 0 unspecified atom stereocenters. The second-order valence-electron chi connectivity index (χ2n) is 5.01.